The lowest BCUT2D eigenvalue weighted by Gasteiger charge is -2.26. The largest absolute Gasteiger partial charge is 0.456 e. The predicted molar refractivity (Wildman–Crippen MR) is 154 cm³/mol. The SMILES string of the molecule is CCN(c1ccc2c(c1)nc(C(C)(C)C)n2CC1CCOCC1)S(=O)(=O)c1ccc(NC(=O)COC(C)=O)cc1. The van der Waals surface area contributed by atoms with Crippen molar-refractivity contribution >= 4 is 44.3 Å². The number of esters is 1. The number of ether oxygens (including phenoxy) is 2. The number of fused-ring (bicyclic) bond motifs is 1. The maximum atomic E-state index is 13.6. The molecule has 10 nitrogen and oxygen atoms in total. The lowest BCUT2D eigenvalue weighted by atomic mass is 9.94. The molecule has 0 atom stereocenters. The first kappa shape index (κ1) is 29.5. The Morgan fingerprint density at radius 2 is 1.80 bits per heavy atom. The lowest BCUT2D eigenvalue weighted by Crippen LogP contribution is -2.30. The fraction of sp³-hybridized carbons (Fsp3) is 0.483. The second-order valence-electron chi connectivity index (χ2n) is 11.0. The number of hydrogen-bond acceptors (Lipinski definition) is 7. The lowest BCUT2D eigenvalue weighted by molar-refractivity contribution is -0.144. The zero-order valence-corrected chi connectivity index (χ0v) is 24.6. The minimum absolute atomic E-state index is 0.0906. The van der Waals surface area contributed by atoms with Gasteiger partial charge in [-0.1, -0.05) is 20.8 Å². The van der Waals surface area contributed by atoms with Gasteiger partial charge in [-0.15, -0.1) is 0 Å². The Hall–Kier alpha value is -3.44. The minimum Gasteiger partial charge on any atom is -0.456 e. The zero-order valence-electron chi connectivity index (χ0n) is 23.8. The van der Waals surface area contributed by atoms with Crippen LogP contribution in [0, 0.1) is 5.92 Å². The van der Waals surface area contributed by atoms with E-state index in [9.17, 15) is 18.0 Å². The summed E-state index contributed by atoms with van der Waals surface area (Å²) < 4.78 is 41.2. The molecule has 0 saturated carbocycles. The van der Waals surface area contributed by atoms with Crippen molar-refractivity contribution in [2.75, 3.05) is 36.0 Å². The molecule has 216 valence electrons. The predicted octanol–water partition coefficient (Wildman–Crippen LogP) is 4.48. The molecule has 0 spiro atoms. The Labute approximate surface area is 235 Å². The van der Waals surface area contributed by atoms with Gasteiger partial charge in [0.15, 0.2) is 6.61 Å². The number of nitrogens with one attached hydrogen (secondary N) is 1. The van der Waals surface area contributed by atoms with Gasteiger partial charge in [0.05, 0.1) is 21.6 Å². The number of rotatable bonds is 9. The van der Waals surface area contributed by atoms with Crippen LogP contribution in [0.2, 0.25) is 0 Å². The molecule has 2 heterocycles. The second-order valence-corrected chi connectivity index (χ2v) is 12.9. The molecule has 1 fully saturated rings. The van der Waals surface area contributed by atoms with Crippen molar-refractivity contribution in [2.45, 2.75) is 64.3 Å². The van der Waals surface area contributed by atoms with Crippen LogP contribution >= 0.6 is 0 Å². The highest BCUT2D eigenvalue weighted by Crippen LogP contribution is 2.32. The van der Waals surface area contributed by atoms with Gasteiger partial charge in [-0.3, -0.25) is 13.9 Å². The Morgan fingerprint density at radius 1 is 1.12 bits per heavy atom. The van der Waals surface area contributed by atoms with Gasteiger partial charge in [0.2, 0.25) is 0 Å². The van der Waals surface area contributed by atoms with Gasteiger partial charge in [-0.25, -0.2) is 13.4 Å². The third-order valence-electron chi connectivity index (χ3n) is 6.89. The third kappa shape index (κ3) is 6.64. The molecule has 0 unspecified atom stereocenters. The summed E-state index contributed by atoms with van der Waals surface area (Å²) in [7, 11) is -3.89. The summed E-state index contributed by atoms with van der Waals surface area (Å²) in [6, 6.07) is 11.5. The molecule has 0 aliphatic carbocycles. The van der Waals surface area contributed by atoms with Crippen LogP contribution < -0.4 is 9.62 Å². The van der Waals surface area contributed by atoms with Crippen molar-refractivity contribution in [3.63, 3.8) is 0 Å². The number of nitrogens with zero attached hydrogens (tertiary/aromatic N) is 3. The van der Waals surface area contributed by atoms with E-state index in [1.807, 2.05) is 18.2 Å². The summed E-state index contributed by atoms with van der Waals surface area (Å²) >= 11 is 0. The first-order chi connectivity index (χ1) is 18.9. The van der Waals surface area contributed by atoms with Gasteiger partial charge >= 0.3 is 5.97 Å². The van der Waals surface area contributed by atoms with Crippen LogP contribution in [-0.2, 0) is 41.0 Å². The Balaban J connectivity index is 1.61. The van der Waals surface area contributed by atoms with Gasteiger partial charge in [0.1, 0.15) is 5.82 Å². The molecule has 4 rings (SSSR count). The Morgan fingerprint density at radius 3 is 2.40 bits per heavy atom. The van der Waals surface area contributed by atoms with Crippen molar-refractivity contribution in [3.8, 4) is 0 Å². The smallest absolute Gasteiger partial charge is 0.303 e. The van der Waals surface area contributed by atoms with Crippen LogP contribution in [0.4, 0.5) is 11.4 Å². The third-order valence-corrected chi connectivity index (χ3v) is 8.81. The molecule has 1 aromatic heterocycles. The molecule has 2 aromatic carbocycles. The maximum absolute atomic E-state index is 13.6. The number of carbonyl (C=O) groups is 2. The number of anilines is 2. The highest BCUT2D eigenvalue weighted by molar-refractivity contribution is 7.92. The molecule has 3 aromatic rings. The molecule has 1 N–H and O–H groups in total. The number of aromatic nitrogens is 2. The van der Waals surface area contributed by atoms with Crippen LogP contribution in [0.5, 0.6) is 0 Å². The van der Waals surface area contributed by atoms with Crippen molar-refractivity contribution in [1.29, 1.82) is 0 Å². The van der Waals surface area contributed by atoms with E-state index < -0.39 is 28.5 Å². The topological polar surface area (TPSA) is 120 Å². The van der Waals surface area contributed by atoms with E-state index in [0.717, 1.165) is 49.5 Å². The zero-order chi connectivity index (χ0) is 29.1. The molecule has 11 heteroatoms. The van der Waals surface area contributed by atoms with Crippen LogP contribution in [0.25, 0.3) is 11.0 Å². The van der Waals surface area contributed by atoms with Gasteiger partial charge in [-0.2, -0.15) is 0 Å². The fourth-order valence-corrected chi connectivity index (χ4v) is 6.38. The van der Waals surface area contributed by atoms with Crippen LogP contribution in [0.15, 0.2) is 47.4 Å². The van der Waals surface area contributed by atoms with Gasteiger partial charge in [-0.05, 0) is 68.1 Å². The van der Waals surface area contributed by atoms with Crippen molar-refractivity contribution in [1.82, 2.24) is 9.55 Å². The van der Waals surface area contributed by atoms with E-state index in [0.29, 0.717) is 17.3 Å². The molecule has 40 heavy (non-hydrogen) atoms. The van der Waals surface area contributed by atoms with Crippen LogP contribution in [0.3, 0.4) is 0 Å². The number of amides is 1. The fourth-order valence-electron chi connectivity index (χ4n) is 4.91. The average molecular weight is 571 g/mol. The van der Waals surface area contributed by atoms with Crippen LogP contribution in [0.1, 0.15) is 53.3 Å². The van der Waals surface area contributed by atoms with Crippen LogP contribution in [-0.4, -0.2) is 56.2 Å². The van der Waals surface area contributed by atoms with E-state index in [-0.39, 0.29) is 16.9 Å². The second kappa shape index (κ2) is 12.0. The van der Waals surface area contributed by atoms with E-state index in [1.54, 1.807) is 6.92 Å². The maximum Gasteiger partial charge on any atom is 0.303 e. The van der Waals surface area contributed by atoms with E-state index in [2.05, 4.69) is 35.4 Å². The van der Waals surface area contributed by atoms with E-state index in [1.165, 1.54) is 35.5 Å². The Bertz CT molecular complexity index is 1470. The molecule has 1 aliphatic rings. The summed E-state index contributed by atoms with van der Waals surface area (Å²) in [6.45, 7) is 11.6. The molecule has 0 radical (unpaired) electrons. The average Bonchev–Trinajstić information content (AvgIpc) is 3.27. The number of imidazole rings is 1. The van der Waals surface area contributed by atoms with Gasteiger partial charge < -0.3 is 19.4 Å². The number of carbonyl (C=O) groups excluding carboxylic acids is 2. The highest BCUT2D eigenvalue weighted by atomic mass is 32.2. The summed E-state index contributed by atoms with van der Waals surface area (Å²) in [4.78, 5) is 27.9. The molecule has 0 bridgehead atoms. The number of benzene rings is 2. The van der Waals surface area contributed by atoms with Gasteiger partial charge in [0.25, 0.3) is 15.9 Å². The summed E-state index contributed by atoms with van der Waals surface area (Å²) in [5, 5.41) is 2.58. The molecule has 1 amide bonds. The first-order valence-corrected chi connectivity index (χ1v) is 15.0. The number of sulfonamides is 1. The van der Waals surface area contributed by atoms with E-state index >= 15 is 0 Å². The first-order valence-electron chi connectivity index (χ1n) is 13.5. The number of hydrogen-bond donors (Lipinski definition) is 1. The highest BCUT2D eigenvalue weighted by Gasteiger charge is 2.28. The molecular formula is C29H38N4O6S. The van der Waals surface area contributed by atoms with Crippen molar-refractivity contribution in [2.24, 2.45) is 5.92 Å². The van der Waals surface area contributed by atoms with Gasteiger partial charge in [0, 0.05) is 44.3 Å². The molecule has 1 saturated heterocycles. The van der Waals surface area contributed by atoms with Crippen molar-refractivity contribution < 1.29 is 27.5 Å². The summed E-state index contributed by atoms with van der Waals surface area (Å²) in [6.07, 6.45) is 2.02. The Kier molecular flexibility index (Phi) is 8.84. The van der Waals surface area contributed by atoms with E-state index in [4.69, 9.17) is 9.72 Å². The normalized spacial score (nSPS) is 14.7. The summed E-state index contributed by atoms with van der Waals surface area (Å²) in [5.41, 5.74) is 2.49. The minimum atomic E-state index is -3.89. The quantitative estimate of drug-likeness (QED) is 0.377. The summed E-state index contributed by atoms with van der Waals surface area (Å²) in [5.74, 6) is 0.410. The van der Waals surface area contributed by atoms with Crippen molar-refractivity contribution in [3.05, 3.63) is 48.3 Å². The standard InChI is InChI=1S/C29H38N4O6S/c1-6-33(40(36,37)24-10-7-22(8-11-24)30-27(35)19-39-20(2)34)23-9-12-26-25(17-23)31-28(29(3,4)5)32(26)18-21-13-15-38-16-14-21/h7-12,17,21H,6,13-16,18-19H2,1-5H3,(H,30,35). The molecular weight excluding hydrogens is 532 g/mol. The monoisotopic (exact) mass is 570 g/mol. The molecule has 1 aliphatic heterocycles.